The van der Waals surface area contributed by atoms with Crippen molar-refractivity contribution >= 4 is 5.91 Å². The van der Waals surface area contributed by atoms with Gasteiger partial charge in [-0.25, -0.2) is 0 Å². The lowest BCUT2D eigenvalue weighted by Crippen LogP contribution is -2.40. The van der Waals surface area contributed by atoms with Crippen LogP contribution in [0.15, 0.2) is 24.3 Å². The molecule has 0 saturated heterocycles. The third-order valence-electron chi connectivity index (χ3n) is 3.17. The van der Waals surface area contributed by atoms with Gasteiger partial charge in [-0.05, 0) is 18.1 Å². The summed E-state index contributed by atoms with van der Waals surface area (Å²) in [5.74, 6) is 0.857. The minimum absolute atomic E-state index is 0.0284. The van der Waals surface area contributed by atoms with Crippen LogP contribution in [-0.4, -0.2) is 31.8 Å². The SMILES string of the molecule is CC[C@@H](OC)C(=O)NC[C@@H]1Cc2ccccc2O1. The van der Waals surface area contributed by atoms with Gasteiger partial charge in [0.15, 0.2) is 0 Å². The molecule has 0 aliphatic carbocycles. The van der Waals surface area contributed by atoms with Gasteiger partial charge in [-0.2, -0.15) is 0 Å². The Labute approximate surface area is 107 Å². The number of methoxy groups -OCH3 is 1. The van der Waals surface area contributed by atoms with Crippen molar-refractivity contribution < 1.29 is 14.3 Å². The first-order chi connectivity index (χ1) is 8.74. The van der Waals surface area contributed by atoms with E-state index in [9.17, 15) is 4.79 Å². The van der Waals surface area contributed by atoms with Crippen molar-refractivity contribution in [2.24, 2.45) is 0 Å². The van der Waals surface area contributed by atoms with Crippen LogP contribution in [0.3, 0.4) is 0 Å². The maximum atomic E-state index is 11.7. The van der Waals surface area contributed by atoms with Crippen LogP contribution in [0, 0.1) is 0 Å². The lowest BCUT2D eigenvalue weighted by molar-refractivity contribution is -0.131. The van der Waals surface area contributed by atoms with Gasteiger partial charge in [0.25, 0.3) is 0 Å². The monoisotopic (exact) mass is 249 g/mol. The molecule has 4 heteroatoms. The fourth-order valence-electron chi connectivity index (χ4n) is 2.16. The first-order valence-electron chi connectivity index (χ1n) is 6.29. The predicted octanol–water partition coefficient (Wildman–Crippen LogP) is 1.53. The number of nitrogens with one attached hydrogen (secondary N) is 1. The maximum absolute atomic E-state index is 11.7. The highest BCUT2D eigenvalue weighted by atomic mass is 16.5. The molecule has 1 N–H and O–H groups in total. The third kappa shape index (κ3) is 2.82. The van der Waals surface area contributed by atoms with E-state index in [0.29, 0.717) is 13.0 Å². The van der Waals surface area contributed by atoms with E-state index in [-0.39, 0.29) is 18.1 Å². The summed E-state index contributed by atoms with van der Waals surface area (Å²) in [4.78, 5) is 11.7. The molecule has 1 aliphatic heterocycles. The van der Waals surface area contributed by atoms with Crippen LogP contribution < -0.4 is 10.1 Å². The zero-order chi connectivity index (χ0) is 13.0. The first kappa shape index (κ1) is 12.9. The number of fused-ring (bicyclic) bond motifs is 1. The van der Waals surface area contributed by atoms with Gasteiger partial charge in [0, 0.05) is 13.5 Å². The van der Waals surface area contributed by atoms with Crippen molar-refractivity contribution in [3.05, 3.63) is 29.8 Å². The van der Waals surface area contributed by atoms with Crippen LogP contribution in [0.2, 0.25) is 0 Å². The summed E-state index contributed by atoms with van der Waals surface area (Å²) >= 11 is 0. The Bertz CT molecular complexity index is 390. The molecular formula is C14H19NO3. The standard InChI is InChI=1S/C14H19NO3/c1-3-12(17-2)14(16)15-9-11-8-10-6-4-5-7-13(10)18-11/h4-7,11-12H,3,8-9H2,1-2H3,(H,15,16)/t11-,12+/m0/s1. The van der Waals surface area contributed by atoms with E-state index < -0.39 is 0 Å². The second-order valence-corrected chi connectivity index (χ2v) is 4.43. The van der Waals surface area contributed by atoms with Crippen molar-refractivity contribution in [2.45, 2.75) is 32.0 Å². The van der Waals surface area contributed by atoms with E-state index in [2.05, 4.69) is 11.4 Å². The molecule has 98 valence electrons. The largest absolute Gasteiger partial charge is 0.488 e. The van der Waals surface area contributed by atoms with Gasteiger partial charge < -0.3 is 14.8 Å². The van der Waals surface area contributed by atoms with Gasteiger partial charge in [0.2, 0.25) is 5.91 Å². The van der Waals surface area contributed by atoms with E-state index in [0.717, 1.165) is 12.2 Å². The summed E-state index contributed by atoms with van der Waals surface area (Å²) in [5.41, 5.74) is 1.20. The average molecular weight is 249 g/mol. The third-order valence-corrected chi connectivity index (χ3v) is 3.17. The Balaban J connectivity index is 1.82. The molecule has 1 heterocycles. The molecule has 2 rings (SSSR count). The molecule has 0 fully saturated rings. The number of ether oxygens (including phenoxy) is 2. The molecule has 0 spiro atoms. The lowest BCUT2D eigenvalue weighted by Gasteiger charge is -2.16. The van der Waals surface area contributed by atoms with Crippen molar-refractivity contribution in [3.8, 4) is 5.75 Å². The van der Waals surface area contributed by atoms with Crippen LogP contribution in [0.5, 0.6) is 5.75 Å². The number of amides is 1. The Hall–Kier alpha value is -1.55. The highest BCUT2D eigenvalue weighted by Gasteiger charge is 2.24. The molecular weight excluding hydrogens is 230 g/mol. The topological polar surface area (TPSA) is 47.6 Å². The molecule has 1 amide bonds. The smallest absolute Gasteiger partial charge is 0.249 e. The molecule has 0 saturated carbocycles. The number of para-hydroxylation sites is 1. The number of hydrogen-bond acceptors (Lipinski definition) is 3. The van der Waals surface area contributed by atoms with E-state index in [4.69, 9.17) is 9.47 Å². The quantitative estimate of drug-likeness (QED) is 0.861. The molecule has 1 aliphatic rings. The van der Waals surface area contributed by atoms with E-state index in [1.54, 1.807) is 7.11 Å². The second kappa shape index (κ2) is 5.87. The summed E-state index contributed by atoms with van der Waals surface area (Å²) < 4.78 is 10.8. The van der Waals surface area contributed by atoms with E-state index in [1.807, 2.05) is 25.1 Å². The molecule has 0 bridgehead atoms. The fourth-order valence-corrected chi connectivity index (χ4v) is 2.16. The van der Waals surface area contributed by atoms with Gasteiger partial charge >= 0.3 is 0 Å². The zero-order valence-electron chi connectivity index (χ0n) is 10.8. The molecule has 0 unspecified atom stereocenters. The Morgan fingerprint density at radius 2 is 2.33 bits per heavy atom. The minimum Gasteiger partial charge on any atom is -0.488 e. The van der Waals surface area contributed by atoms with Crippen LogP contribution in [-0.2, 0) is 16.0 Å². The Kier molecular flexibility index (Phi) is 4.20. The van der Waals surface area contributed by atoms with Gasteiger partial charge in [-0.15, -0.1) is 0 Å². The highest BCUT2D eigenvalue weighted by Crippen LogP contribution is 2.27. The van der Waals surface area contributed by atoms with E-state index in [1.165, 1.54) is 5.56 Å². The average Bonchev–Trinajstić information content (AvgIpc) is 2.80. The predicted molar refractivity (Wildman–Crippen MR) is 68.7 cm³/mol. The van der Waals surface area contributed by atoms with Gasteiger partial charge in [0.1, 0.15) is 18.0 Å². The van der Waals surface area contributed by atoms with Gasteiger partial charge in [-0.1, -0.05) is 25.1 Å². The lowest BCUT2D eigenvalue weighted by atomic mass is 10.1. The molecule has 0 radical (unpaired) electrons. The van der Waals surface area contributed by atoms with Crippen molar-refractivity contribution in [3.63, 3.8) is 0 Å². The minimum atomic E-state index is -0.367. The van der Waals surface area contributed by atoms with Crippen molar-refractivity contribution in [1.82, 2.24) is 5.32 Å². The summed E-state index contributed by atoms with van der Waals surface area (Å²) in [5, 5.41) is 2.87. The summed E-state index contributed by atoms with van der Waals surface area (Å²) in [6, 6.07) is 7.97. The Morgan fingerprint density at radius 3 is 3.00 bits per heavy atom. The first-order valence-corrected chi connectivity index (χ1v) is 6.29. The number of benzene rings is 1. The fraction of sp³-hybridized carbons (Fsp3) is 0.500. The number of rotatable bonds is 5. The van der Waals surface area contributed by atoms with Crippen molar-refractivity contribution in [1.29, 1.82) is 0 Å². The molecule has 1 aromatic rings. The molecule has 18 heavy (non-hydrogen) atoms. The normalized spacial score (nSPS) is 18.9. The van der Waals surface area contributed by atoms with Gasteiger partial charge in [0.05, 0.1) is 6.54 Å². The highest BCUT2D eigenvalue weighted by molar-refractivity contribution is 5.80. The molecule has 2 atom stereocenters. The summed E-state index contributed by atoms with van der Waals surface area (Å²) in [7, 11) is 1.55. The number of carbonyl (C=O) groups excluding carboxylic acids is 1. The van der Waals surface area contributed by atoms with Crippen LogP contribution in [0.4, 0.5) is 0 Å². The second-order valence-electron chi connectivity index (χ2n) is 4.43. The Morgan fingerprint density at radius 1 is 1.56 bits per heavy atom. The zero-order valence-corrected chi connectivity index (χ0v) is 10.8. The number of carbonyl (C=O) groups is 1. The van der Waals surface area contributed by atoms with Crippen LogP contribution in [0.1, 0.15) is 18.9 Å². The number of hydrogen-bond donors (Lipinski definition) is 1. The maximum Gasteiger partial charge on any atom is 0.249 e. The van der Waals surface area contributed by atoms with Gasteiger partial charge in [-0.3, -0.25) is 4.79 Å². The summed E-state index contributed by atoms with van der Waals surface area (Å²) in [6.45, 7) is 2.45. The van der Waals surface area contributed by atoms with E-state index >= 15 is 0 Å². The molecule has 4 nitrogen and oxygen atoms in total. The van der Waals surface area contributed by atoms with Crippen LogP contribution in [0.25, 0.3) is 0 Å². The van der Waals surface area contributed by atoms with Crippen molar-refractivity contribution in [2.75, 3.05) is 13.7 Å². The van der Waals surface area contributed by atoms with Crippen LogP contribution >= 0.6 is 0 Å². The molecule has 0 aromatic heterocycles. The molecule has 1 aromatic carbocycles. The summed E-state index contributed by atoms with van der Waals surface area (Å²) in [6.07, 6.45) is 1.18.